The number of amides is 2. The average Bonchev–Trinajstić information content (AvgIpc) is 3.40. The maximum atomic E-state index is 12.7. The summed E-state index contributed by atoms with van der Waals surface area (Å²) in [4.78, 5) is 37.4. The lowest BCUT2D eigenvalue weighted by Crippen LogP contribution is -2.49. The number of hydrazine groups is 1. The summed E-state index contributed by atoms with van der Waals surface area (Å²) in [6.07, 6.45) is 0. The zero-order valence-corrected chi connectivity index (χ0v) is 18.9. The second-order valence-electron chi connectivity index (χ2n) is 6.53. The standard InChI is InChI=1S/C19H18N6O6S2/c1-2-29-18(28)16-14-13(30-7-8-31-14)15(33-16)17(27)20-19(32)23-22-12(26)9-25-11-6-4-3-5-10(11)21-24-25/h3-6H,2,7-9H2,1H3,(H,22,26)(H2,20,23,27,32). The Morgan fingerprint density at radius 3 is 2.64 bits per heavy atom. The van der Waals surface area contributed by atoms with E-state index in [-0.39, 0.29) is 52.7 Å². The van der Waals surface area contributed by atoms with Gasteiger partial charge in [-0.1, -0.05) is 17.3 Å². The summed E-state index contributed by atoms with van der Waals surface area (Å²) in [5.41, 5.74) is 6.20. The smallest absolute Gasteiger partial charge is 0.352 e. The van der Waals surface area contributed by atoms with Gasteiger partial charge in [0, 0.05) is 0 Å². The van der Waals surface area contributed by atoms with Gasteiger partial charge in [-0.15, -0.1) is 16.4 Å². The van der Waals surface area contributed by atoms with Crippen LogP contribution in [0.3, 0.4) is 0 Å². The minimum absolute atomic E-state index is 0.0947. The van der Waals surface area contributed by atoms with E-state index in [2.05, 4.69) is 26.5 Å². The highest BCUT2D eigenvalue weighted by Crippen LogP contribution is 2.44. The third-order valence-corrected chi connectivity index (χ3v) is 5.66. The molecule has 0 aliphatic carbocycles. The van der Waals surface area contributed by atoms with Crippen molar-refractivity contribution in [2.45, 2.75) is 13.5 Å². The number of nitrogens with zero attached hydrogens (tertiary/aromatic N) is 3. The number of nitrogens with one attached hydrogen (secondary N) is 3. The predicted octanol–water partition coefficient (Wildman–Crippen LogP) is 0.776. The van der Waals surface area contributed by atoms with Crippen LogP contribution in [0.4, 0.5) is 0 Å². The van der Waals surface area contributed by atoms with Gasteiger partial charge < -0.3 is 14.2 Å². The van der Waals surface area contributed by atoms with Gasteiger partial charge in [0.05, 0.1) is 12.1 Å². The molecule has 0 radical (unpaired) electrons. The number of aromatic nitrogens is 3. The van der Waals surface area contributed by atoms with Crippen molar-refractivity contribution in [2.24, 2.45) is 0 Å². The summed E-state index contributed by atoms with van der Waals surface area (Å²) in [6, 6.07) is 7.21. The number of thiophene rings is 1. The first kappa shape index (κ1) is 22.4. The second-order valence-corrected chi connectivity index (χ2v) is 7.96. The molecule has 33 heavy (non-hydrogen) atoms. The largest absolute Gasteiger partial charge is 0.484 e. The van der Waals surface area contributed by atoms with Crippen LogP contribution in [0, 0.1) is 0 Å². The van der Waals surface area contributed by atoms with Gasteiger partial charge in [0.25, 0.3) is 11.8 Å². The number of hydrogen-bond donors (Lipinski definition) is 3. The Labute approximate surface area is 196 Å². The van der Waals surface area contributed by atoms with E-state index in [0.717, 1.165) is 11.3 Å². The van der Waals surface area contributed by atoms with Crippen molar-refractivity contribution < 1.29 is 28.6 Å². The first-order valence-electron chi connectivity index (χ1n) is 9.75. The molecule has 1 aromatic carbocycles. The molecule has 1 aliphatic rings. The highest BCUT2D eigenvalue weighted by molar-refractivity contribution is 7.80. The van der Waals surface area contributed by atoms with Crippen LogP contribution in [0.25, 0.3) is 11.0 Å². The van der Waals surface area contributed by atoms with Gasteiger partial charge in [0.2, 0.25) is 0 Å². The highest BCUT2D eigenvalue weighted by atomic mass is 32.1. The fraction of sp³-hybridized carbons (Fsp3) is 0.263. The van der Waals surface area contributed by atoms with E-state index in [1.807, 2.05) is 12.1 Å². The van der Waals surface area contributed by atoms with Gasteiger partial charge in [-0.05, 0) is 31.3 Å². The number of hydrogen-bond acceptors (Lipinski definition) is 10. The van der Waals surface area contributed by atoms with Crippen LogP contribution in [0.5, 0.6) is 11.5 Å². The number of benzene rings is 1. The Morgan fingerprint density at radius 2 is 1.88 bits per heavy atom. The lowest BCUT2D eigenvalue weighted by molar-refractivity contribution is -0.122. The number of para-hydroxylation sites is 1. The average molecular weight is 491 g/mol. The van der Waals surface area contributed by atoms with Crippen LogP contribution in [0.15, 0.2) is 24.3 Å². The molecule has 14 heteroatoms. The maximum absolute atomic E-state index is 12.7. The molecule has 0 bridgehead atoms. The van der Waals surface area contributed by atoms with E-state index in [9.17, 15) is 14.4 Å². The molecule has 2 amide bonds. The third-order valence-electron chi connectivity index (χ3n) is 4.32. The molecule has 1 aliphatic heterocycles. The number of rotatable bonds is 5. The van der Waals surface area contributed by atoms with Crippen LogP contribution in [-0.2, 0) is 16.1 Å². The molecule has 3 N–H and O–H groups in total. The number of carbonyl (C=O) groups is 3. The van der Waals surface area contributed by atoms with Crippen LogP contribution in [0.1, 0.15) is 26.3 Å². The van der Waals surface area contributed by atoms with Gasteiger partial charge in [-0.25, -0.2) is 9.48 Å². The van der Waals surface area contributed by atoms with Crippen molar-refractivity contribution >= 4 is 57.5 Å². The summed E-state index contributed by atoms with van der Waals surface area (Å²) in [5, 5.41) is 10.2. The summed E-state index contributed by atoms with van der Waals surface area (Å²) in [6.45, 7) is 2.20. The molecule has 0 saturated heterocycles. The van der Waals surface area contributed by atoms with Crippen molar-refractivity contribution in [3.8, 4) is 11.5 Å². The summed E-state index contributed by atoms with van der Waals surface area (Å²) < 4.78 is 17.5. The normalized spacial score (nSPS) is 12.2. The molecular weight excluding hydrogens is 472 g/mol. The number of esters is 1. The molecule has 0 fully saturated rings. The summed E-state index contributed by atoms with van der Waals surface area (Å²) >= 11 is 5.95. The predicted molar refractivity (Wildman–Crippen MR) is 120 cm³/mol. The number of ether oxygens (including phenoxy) is 3. The van der Waals surface area contributed by atoms with Crippen molar-refractivity contribution in [3.63, 3.8) is 0 Å². The van der Waals surface area contributed by atoms with Crippen LogP contribution < -0.4 is 25.6 Å². The van der Waals surface area contributed by atoms with Crippen molar-refractivity contribution in [3.05, 3.63) is 34.0 Å². The maximum Gasteiger partial charge on any atom is 0.352 e. The fourth-order valence-electron chi connectivity index (χ4n) is 2.96. The molecule has 0 saturated carbocycles. The van der Waals surface area contributed by atoms with Gasteiger partial charge in [0.15, 0.2) is 21.5 Å². The van der Waals surface area contributed by atoms with E-state index in [1.54, 1.807) is 19.1 Å². The van der Waals surface area contributed by atoms with Crippen molar-refractivity contribution in [1.82, 2.24) is 31.2 Å². The van der Waals surface area contributed by atoms with Gasteiger partial charge >= 0.3 is 5.97 Å². The van der Waals surface area contributed by atoms with E-state index in [1.165, 1.54) is 4.68 Å². The number of fused-ring (bicyclic) bond motifs is 2. The topological polar surface area (TPSA) is 146 Å². The number of carbonyl (C=O) groups excluding carboxylic acids is 3. The minimum atomic E-state index is -0.633. The van der Waals surface area contributed by atoms with Gasteiger partial charge in [-0.3, -0.25) is 25.8 Å². The van der Waals surface area contributed by atoms with E-state index < -0.39 is 17.8 Å². The van der Waals surface area contributed by atoms with Crippen LogP contribution in [0.2, 0.25) is 0 Å². The molecule has 0 unspecified atom stereocenters. The Balaban J connectivity index is 1.36. The lowest BCUT2D eigenvalue weighted by atomic mass is 10.3. The van der Waals surface area contributed by atoms with Crippen LogP contribution >= 0.6 is 23.6 Å². The molecule has 172 valence electrons. The quantitative estimate of drug-likeness (QED) is 0.266. The molecule has 4 rings (SSSR count). The molecule has 3 heterocycles. The monoisotopic (exact) mass is 490 g/mol. The molecule has 0 atom stereocenters. The highest BCUT2D eigenvalue weighted by Gasteiger charge is 2.32. The number of thiocarbonyl (C=S) groups is 1. The fourth-order valence-corrected chi connectivity index (χ4v) is 4.08. The van der Waals surface area contributed by atoms with Crippen molar-refractivity contribution in [2.75, 3.05) is 19.8 Å². The Hall–Kier alpha value is -3.78. The SMILES string of the molecule is CCOC(=O)c1sc(C(=O)NC(=S)NNC(=O)Cn2nnc3ccccc32)c2c1OCCO2. The zero-order chi connectivity index (χ0) is 23.4. The lowest BCUT2D eigenvalue weighted by Gasteiger charge is -2.17. The van der Waals surface area contributed by atoms with E-state index in [4.69, 9.17) is 26.4 Å². The molecule has 3 aromatic rings. The summed E-state index contributed by atoms with van der Waals surface area (Å²) in [7, 11) is 0. The first-order valence-corrected chi connectivity index (χ1v) is 11.0. The van der Waals surface area contributed by atoms with Gasteiger partial charge in [-0.2, -0.15) is 0 Å². The Bertz CT molecular complexity index is 1240. The minimum Gasteiger partial charge on any atom is -0.484 e. The molecule has 12 nitrogen and oxygen atoms in total. The van der Waals surface area contributed by atoms with Crippen molar-refractivity contribution in [1.29, 1.82) is 0 Å². The summed E-state index contributed by atoms with van der Waals surface area (Å²) in [5.74, 6) is -1.39. The van der Waals surface area contributed by atoms with E-state index in [0.29, 0.717) is 11.0 Å². The molecular formula is C19H18N6O6S2. The zero-order valence-electron chi connectivity index (χ0n) is 17.2. The molecule has 2 aromatic heterocycles. The first-order chi connectivity index (χ1) is 16.0. The van der Waals surface area contributed by atoms with E-state index >= 15 is 0 Å². The van der Waals surface area contributed by atoms with Crippen LogP contribution in [-0.4, -0.2) is 57.7 Å². The van der Waals surface area contributed by atoms with Gasteiger partial charge in [0.1, 0.15) is 30.2 Å². The third kappa shape index (κ3) is 4.85. The Morgan fingerprint density at radius 1 is 1.15 bits per heavy atom. The molecule has 0 spiro atoms. The Kier molecular flexibility index (Phi) is 6.65. The second kappa shape index (κ2) is 9.79.